The molecule has 0 atom stereocenters. The molecule has 1 aromatic rings. The zero-order chi connectivity index (χ0) is 16.2. The predicted octanol–water partition coefficient (Wildman–Crippen LogP) is 4.58. The zero-order valence-corrected chi connectivity index (χ0v) is 15.3. The fraction of sp³-hybridized carbons (Fsp3) is 0.714. The van der Waals surface area contributed by atoms with Crippen molar-refractivity contribution >= 4 is 5.69 Å². The van der Waals surface area contributed by atoms with Crippen LogP contribution in [0.2, 0.25) is 0 Å². The molecule has 0 bridgehead atoms. The molecule has 0 unspecified atom stereocenters. The van der Waals surface area contributed by atoms with Gasteiger partial charge in [0.05, 0.1) is 0 Å². The minimum absolute atomic E-state index is 0.870. The predicted molar refractivity (Wildman–Crippen MR) is 100 cm³/mol. The van der Waals surface area contributed by atoms with Crippen molar-refractivity contribution in [1.82, 2.24) is 4.90 Å². The largest absolute Gasteiger partial charge is 0.372 e. The van der Waals surface area contributed by atoms with Gasteiger partial charge in [-0.2, -0.15) is 0 Å². The first kappa shape index (κ1) is 16.8. The number of hydrogen-bond donors (Lipinski definition) is 0. The first-order chi connectivity index (χ1) is 11.1. The van der Waals surface area contributed by atoms with E-state index in [0.717, 1.165) is 17.8 Å². The van der Waals surface area contributed by atoms with Gasteiger partial charge in [-0.15, -0.1) is 0 Å². The Kier molecular flexibility index (Phi) is 5.63. The zero-order valence-electron chi connectivity index (χ0n) is 15.3. The molecule has 2 heteroatoms. The van der Waals surface area contributed by atoms with Crippen molar-refractivity contribution in [2.24, 2.45) is 17.8 Å². The van der Waals surface area contributed by atoms with E-state index in [1.807, 2.05) is 0 Å². The Hall–Kier alpha value is -1.02. The van der Waals surface area contributed by atoms with Gasteiger partial charge in [-0.1, -0.05) is 31.5 Å². The first-order valence-electron chi connectivity index (χ1n) is 9.66. The van der Waals surface area contributed by atoms with Crippen LogP contribution in [0.4, 0.5) is 5.69 Å². The molecule has 2 aliphatic rings. The molecule has 2 nitrogen and oxygen atoms in total. The minimum Gasteiger partial charge on any atom is -0.372 e. The lowest BCUT2D eigenvalue weighted by Gasteiger charge is -2.39. The molecule has 0 spiro atoms. The molecule has 2 saturated heterocycles. The lowest BCUT2D eigenvalue weighted by molar-refractivity contribution is 0.132. The summed E-state index contributed by atoms with van der Waals surface area (Å²) >= 11 is 0. The van der Waals surface area contributed by atoms with Crippen molar-refractivity contribution in [2.75, 3.05) is 37.6 Å². The highest BCUT2D eigenvalue weighted by atomic mass is 15.2. The van der Waals surface area contributed by atoms with Crippen LogP contribution >= 0.6 is 0 Å². The van der Waals surface area contributed by atoms with E-state index in [0.29, 0.717) is 0 Å². The van der Waals surface area contributed by atoms with Crippen LogP contribution in [-0.4, -0.2) is 37.6 Å². The van der Waals surface area contributed by atoms with Crippen LogP contribution < -0.4 is 4.90 Å². The summed E-state index contributed by atoms with van der Waals surface area (Å²) in [5.74, 6) is 2.75. The normalized spacial score (nSPS) is 22.0. The highest BCUT2D eigenvalue weighted by Gasteiger charge is 2.25. The number of nitrogens with zero attached hydrogens (tertiary/aromatic N) is 2. The molecule has 2 aliphatic heterocycles. The van der Waals surface area contributed by atoms with Crippen LogP contribution in [0.1, 0.15) is 45.1 Å². The number of anilines is 1. The summed E-state index contributed by atoms with van der Waals surface area (Å²) in [7, 11) is 0. The summed E-state index contributed by atoms with van der Waals surface area (Å²) in [6, 6.07) is 9.04. The van der Waals surface area contributed by atoms with Crippen LogP contribution in [-0.2, 0) is 0 Å². The van der Waals surface area contributed by atoms with Gasteiger partial charge >= 0.3 is 0 Å². The quantitative estimate of drug-likeness (QED) is 0.802. The number of hydrogen-bond acceptors (Lipinski definition) is 2. The van der Waals surface area contributed by atoms with Gasteiger partial charge in [0.1, 0.15) is 0 Å². The smallest absolute Gasteiger partial charge is 0.0366 e. The minimum atomic E-state index is 0.870. The molecule has 128 valence electrons. The van der Waals surface area contributed by atoms with E-state index in [9.17, 15) is 0 Å². The molecule has 0 aliphatic carbocycles. The van der Waals surface area contributed by atoms with Crippen molar-refractivity contribution in [3.63, 3.8) is 0 Å². The molecule has 2 fully saturated rings. The summed E-state index contributed by atoms with van der Waals surface area (Å²) in [5, 5.41) is 0. The van der Waals surface area contributed by atoms with Gasteiger partial charge in [0, 0.05) is 25.3 Å². The Morgan fingerprint density at radius 1 is 0.913 bits per heavy atom. The lowest BCUT2D eigenvalue weighted by atomic mass is 9.86. The van der Waals surface area contributed by atoms with Gasteiger partial charge in [0.2, 0.25) is 0 Å². The monoisotopic (exact) mass is 314 g/mol. The molecule has 2 heterocycles. The Labute approximate surface area is 142 Å². The second kappa shape index (κ2) is 7.70. The number of piperidine rings is 2. The van der Waals surface area contributed by atoms with Crippen molar-refractivity contribution in [3.8, 4) is 0 Å². The third-order valence-electron chi connectivity index (χ3n) is 6.11. The van der Waals surface area contributed by atoms with E-state index in [-0.39, 0.29) is 0 Å². The molecule has 0 N–H and O–H groups in total. The Morgan fingerprint density at radius 3 is 2.09 bits per heavy atom. The highest BCUT2D eigenvalue weighted by molar-refractivity contribution is 5.47. The van der Waals surface area contributed by atoms with E-state index in [1.54, 1.807) is 0 Å². The summed E-state index contributed by atoms with van der Waals surface area (Å²) in [4.78, 5) is 5.31. The number of rotatable bonds is 4. The van der Waals surface area contributed by atoms with E-state index in [4.69, 9.17) is 0 Å². The van der Waals surface area contributed by atoms with Crippen molar-refractivity contribution in [2.45, 2.75) is 46.5 Å². The molecular weight excluding hydrogens is 280 g/mol. The summed E-state index contributed by atoms with van der Waals surface area (Å²) in [5.41, 5.74) is 2.76. The average molecular weight is 315 g/mol. The highest BCUT2D eigenvalue weighted by Crippen LogP contribution is 2.28. The van der Waals surface area contributed by atoms with Crippen LogP contribution in [0.3, 0.4) is 0 Å². The summed E-state index contributed by atoms with van der Waals surface area (Å²) < 4.78 is 0. The summed E-state index contributed by atoms with van der Waals surface area (Å²) in [6.07, 6.45) is 5.55. The van der Waals surface area contributed by atoms with Crippen molar-refractivity contribution in [1.29, 1.82) is 0 Å². The second-order valence-electron chi connectivity index (χ2n) is 8.15. The van der Waals surface area contributed by atoms with Gasteiger partial charge in [0.15, 0.2) is 0 Å². The maximum absolute atomic E-state index is 2.74. The van der Waals surface area contributed by atoms with Crippen LogP contribution in [0.5, 0.6) is 0 Å². The average Bonchev–Trinajstić information content (AvgIpc) is 2.57. The Bertz CT molecular complexity index is 463. The van der Waals surface area contributed by atoms with E-state index in [1.165, 1.54) is 69.7 Å². The van der Waals surface area contributed by atoms with Gasteiger partial charge in [-0.25, -0.2) is 0 Å². The van der Waals surface area contributed by atoms with Crippen molar-refractivity contribution in [3.05, 3.63) is 29.8 Å². The SMILES string of the molecule is Cc1ccc(N2CCC(CN3CCC(C(C)C)CC3)CC2)cc1. The van der Waals surface area contributed by atoms with E-state index in [2.05, 4.69) is 54.8 Å². The molecule has 23 heavy (non-hydrogen) atoms. The number of benzene rings is 1. The Morgan fingerprint density at radius 2 is 1.52 bits per heavy atom. The maximum atomic E-state index is 2.74. The molecular formula is C21H34N2. The molecule has 0 radical (unpaired) electrons. The molecule has 1 aromatic carbocycles. The Balaban J connectivity index is 1.42. The van der Waals surface area contributed by atoms with Gasteiger partial charge < -0.3 is 9.80 Å². The van der Waals surface area contributed by atoms with Crippen LogP contribution in [0.15, 0.2) is 24.3 Å². The first-order valence-corrected chi connectivity index (χ1v) is 9.66. The van der Waals surface area contributed by atoms with E-state index >= 15 is 0 Å². The standard InChI is InChI=1S/C21H34N2/c1-17(2)20-10-12-22(13-11-20)16-19-8-14-23(15-9-19)21-6-4-18(3)5-7-21/h4-7,17,19-20H,8-16H2,1-3H3. The summed E-state index contributed by atoms with van der Waals surface area (Å²) in [6.45, 7) is 13.4. The third-order valence-corrected chi connectivity index (χ3v) is 6.11. The maximum Gasteiger partial charge on any atom is 0.0366 e. The second-order valence-corrected chi connectivity index (χ2v) is 8.15. The number of aryl methyl sites for hydroxylation is 1. The van der Waals surface area contributed by atoms with Gasteiger partial charge in [-0.05, 0) is 75.6 Å². The topological polar surface area (TPSA) is 6.48 Å². The van der Waals surface area contributed by atoms with Crippen LogP contribution in [0, 0.1) is 24.7 Å². The molecule has 3 rings (SSSR count). The lowest BCUT2D eigenvalue weighted by Crippen LogP contribution is -2.42. The van der Waals surface area contributed by atoms with Crippen molar-refractivity contribution < 1.29 is 0 Å². The molecule has 0 aromatic heterocycles. The fourth-order valence-electron chi connectivity index (χ4n) is 4.30. The third kappa shape index (κ3) is 4.50. The van der Waals surface area contributed by atoms with E-state index < -0.39 is 0 Å². The number of likely N-dealkylation sites (tertiary alicyclic amines) is 1. The molecule has 0 amide bonds. The van der Waals surface area contributed by atoms with Crippen LogP contribution in [0.25, 0.3) is 0 Å². The fourth-order valence-corrected chi connectivity index (χ4v) is 4.30. The van der Waals surface area contributed by atoms with Gasteiger partial charge in [0.25, 0.3) is 0 Å². The van der Waals surface area contributed by atoms with Gasteiger partial charge in [-0.3, -0.25) is 0 Å². The molecule has 0 saturated carbocycles.